The van der Waals surface area contributed by atoms with Gasteiger partial charge < -0.3 is 9.64 Å². The third-order valence-electron chi connectivity index (χ3n) is 4.79. The number of rotatable bonds is 6. The molecule has 1 fully saturated rings. The molecule has 0 bridgehead atoms. The molecule has 1 saturated heterocycles. The van der Waals surface area contributed by atoms with E-state index in [0.29, 0.717) is 30.4 Å². The zero-order chi connectivity index (χ0) is 20.3. The lowest BCUT2D eigenvalue weighted by molar-refractivity contribution is -0.385. The van der Waals surface area contributed by atoms with Crippen LogP contribution < -0.4 is 14.4 Å². The van der Waals surface area contributed by atoms with Gasteiger partial charge in [-0.3, -0.25) is 14.8 Å². The van der Waals surface area contributed by atoms with Gasteiger partial charge >= 0.3 is 0 Å². The van der Waals surface area contributed by atoms with Gasteiger partial charge in [-0.2, -0.15) is 0 Å². The van der Waals surface area contributed by atoms with Crippen molar-refractivity contribution < 1.29 is 18.1 Å². The Kier molecular flexibility index (Phi) is 5.73. The van der Waals surface area contributed by atoms with Gasteiger partial charge in [0, 0.05) is 25.2 Å². The minimum atomic E-state index is -4.08. The second-order valence-electron chi connectivity index (χ2n) is 6.91. The molecule has 0 radical (unpaired) electrons. The molecule has 2 aromatic carbocycles. The predicted octanol–water partition coefficient (Wildman–Crippen LogP) is 3.64. The van der Waals surface area contributed by atoms with Gasteiger partial charge in [0.05, 0.1) is 23.4 Å². The number of anilines is 2. The minimum absolute atomic E-state index is 0.110. The zero-order valence-corrected chi connectivity index (χ0v) is 16.6. The van der Waals surface area contributed by atoms with Gasteiger partial charge in [0.1, 0.15) is 10.6 Å². The van der Waals surface area contributed by atoms with Crippen molar-refractivity contribution in [1.82, 2.24) is 0 Å². The number of nitro benzene ring substituents is 1. The van der Waals surface area contributed by atoms with Crippen molar-refractivity contribution in [2.75, 3.05) is 29.8 Å². The average Bonchev–Trinajstić information content (AvgIpc) is 2.67. The van der Waals surface area contributed by atoms with E-state index in [2.05, 4.69) is 11.6 Å². The fraction of sp³-hybridized carbons (Fsp3) is 0.368. The number of methoxy groups -OCH3 is 1. The number of para-hydroxylation sites is 2. The van der Waals surface area contributed by atoms with Crippen LogP contribution in [0, 0.1) is 16.0 Å². The normalized spacial score (nSPS) is 17.2. The zero-order valence-electron chi connectivity index (χ0n) is 15.8. The molecule has 0 aliphatic carbocycles. The first kappa shape index (κ1) is 19.9. The summed E-state index contributed by atoms with van der Waals surface area (Å²) < 4.78 is 34.1. The first-order valence-electron chi connectivity index (χ1n) is 9.01. The van der Waals surface area contributed by atoms with Crippen molar-refractivity contribution in [3.63, 3.8) is 0 Å². The van der Waals surface area contributed by atoms with Crippen LogP contribution in [0.1, 0.15) is 19.8 Å². The maximum Gasteiger partial charge on any atom is 0.270 e. The third-order valence-corrected chi connectivity index (χ3v) is 6.19. The molecule has 1 N–H and O–H groups in total. The standard InChI is InChI=1S/C19H23N3O5S/c1-14-6-5-11-21(13-14)17-10-9-15(22(23)24)12-19(17)28(25,26)20-16-7-3-4-8-18(16)27-2/h3-4,7-10,12,14,20H,5-6,11,13H2,1-2H3. The van der Waals surface area contributed by atoms with Gasteiger partial charge in [-0.25, -0.2) is 8.42 Å². The number of benzene rings is 2. The topological polar surface area (TPSA) is 102 Å². The molecule has 28 heavy (non-hydrogen) atoms. The fourth-order valence-corrected chi connectivity index (χ4v) is 4.75. The van der Waals surface area contributed by atoms with E-state index in [1.165, 1.54) is 19.2 Å². The van der Waals surface area contributed by atoms with E-state index in [-0.39, 0.29) is 16.3 Å². The highest BCUT2D eigenvalue weighted by Crippen LogP contribution is 2.34. The van der Waals surface area contributed by atoms with Crippen molar-refractivity contribution in [1.29, 1.82) is 0 Å². The van der Waals surface area contributed by atoms with Gasteiger partial charge in [0.2, 0.25) is 0 Å². The van der Waals surface area contributed by atoms with Gasteiger partial charge in [-0.15, -0.1) is 0 Å². The van der Waals surface area contributed by atoms with E-state index in [0.717, 1.165) is 18.9 Å². The van der Waals surface area contributed by atoms with Gasteiger partial charge in [0.25, 0.3) is 15.7 Å². The number of non-ortho nitro benzene ring substituents is 1. The van der Waals surface area contributed by atoms with Crippen molar-refractivity contribution in [3.8, 4) is 5.75 Å². The third kappa shape index (κ3) is 4.19. The molecule has 1 aliphatic heterocycles. The lowest BCUT2D eigenvalue weighted by atomic mass is 10.00. The Morgan fingerprint density at radius 1 is 1.25 bits per heavy atom. The van der Waals surface area contributed by atoms with Gasteiger partial charge in [0.15, 0.2) is 0 Å². The van der Waals surface area contributed by atoms with E-state index in [9.17, 15) is 18.5 Å². The van der Waals surface area contributed by atoms with Crippen molar-refractivity contribution in [3.05, 3.63) is 52.6 Å². The van der Waals surface area contributed by atoms with E-state index >= 15 is 0 Å². The molecule has 1 atom stereocenters. The van der Waals surface area contributed by atoms with Crippen molar-refractivity contribution >= 4 is 27.1 Å². The van der Waals surface area contributed by atoms with Crippen LogP contribution in [0.2, 0.25) is 0 Å². The minimum Gasteiger partial charge on any atom is -0.495 e. The molecule has 0 spiro atoms. The Bertz CT molecular complexity index is 977. The monoisotopic (exact) mass is 405 g/mol. The van der Waals surface area contributed by atoms with Gasteiger partial charge in [-0.1, -0.05) is 19.1 Å². The molecular formula is C19H23N3O5S. The van der Waals surface area contributed by atoms with Crippen molar-refractivity contribution in [2.24, 2.45) is 5.92 Å². The quantitative estimate of drug-likeness (QED) is 0.581. The average molecular weight is 405 g/mol. The largest absolute Gasteiger partial charge is 0.495 e. The SMILES string of the molecule is COc1ccccc1NS(=O)(=O)c1cc([N+](=O)[O-])ccc1N1CCCC(C)C1. The molecule has 0 amide bonds. The summed E-state index contributed by atoms with van der Waals surface area (Å²) in [5.41, 5.74) is 0.475. The highest BCUT2D eigenvalue weighted by Gasteiger charge is 2.28. The number of hydrogen-bond donors (Lipinski definition) is 1. The number of sulfonamides is 1. The predicted molar refractivity (Wildman–Crippen MR) is 108 cm³/mol. The van der Waals surface area contributed by atoms with Crippen LogP contribution in [0.4, 0.5) is 17.1 Å². The smallest absolute Gasteiger partial charge is 0.270 e. The van der Waals surface area contributed by atoms with E-state index in [4.69, 9.17) is 4.74 Å². The number of nitrogens with one attached hydrogen (secondary N) is 1. The summed E-state index contributed by atoms with van der Waals surface area (Å²) in [5.74, 6) is 0.784. The second-order valence-corrected chi connectivity index (χ2v) is 8.56. The van der Waals surface area contributed by atoms with Crippen LogP contribution in [-0.4, -0.2) is 33.5 Å². The van der Waals surface area contributed by atoms with Crippen LogP contribution >= 0.6 is 0 Å². The number of hydrogen-bond acceptors (Lipinski definition) is 6. The number of nitrogens with zero attached hydrogens (tertiary/aromatic N) is 2. The van der Waals surface area contributed by atoms with Crippen molar-refractivity contribution in [2.45, 2.75) is 24.7 Å². The van der Waals surface area contributed by atoms with E-state index in [1.54, 1.807) is 24.3 Å². The van der Waals surface area contributed by atoms with Crippen LogP contribution in [0.15, 0.2) is 47.4 Å². The second kappa shape index (κ2) is 8.05. The van der Waals surface area contributed by atoms with Crippen LogP contribution in [-0.2, 0) is 10.0 Å². The summed E-state index contributed by atoms with van der Waals surface area (Å²) in [4.78, 5) is 12.5. The van der Waals surface area contributed by atoms with E-state index < -0.39 is 14.9 Å². The summed E-state index contributed by atoms with van der Waals surface area (Å²) in [5, 5.41) is 11.2. The Labute approximate surface area is 164 Å². The van der Waals surface area contributed by atoms with Gasteiger partial charge in [-0.05, 0) is 37.0 Å². The Balaban J connectivity index is 2.06. The van der Waals surface area contributed by atoms with Crippen LogP contribution in [0.25, 0.3) is 0 Å². The summed E-state index contributed by atoms with van der Waals surface area (Å²) in [6.07, 6.45) is 2.02. The first-order valence-corrected chi connectivity index (χ1v) is 10.5. The highest BCUT2D eigenvalue weighted by molar-refractivity contribution is 7.93. The Hall–Kier alpha value is -2.81. The fourth-order valence-electron chi connectivity index (χ4n) is 3.43. The molecule has 1 unspecified atom stereocenters. The molecule has 3 rings (SSSR count). The Morgan fingerprint density at radius 2 is 2.00 bits per heavy atom. The maximum absolute atomic E-state index is 13.2. The summed E-state index contributed by atoms with van der Waals surface area (Å²) >= 11 is 0. The molecule has 1 heterocycles. The molecule has 1 aliphatic rings. The van der Waals surface area contributed by atoms with Crippen LogP contribution in [0.5, 0.6) is 5.75 Å². The lowest BCUT2D eigenvalue weighted by Crippen LogP contribution is -2.35. The number of nitro groups is 1. The number of piperidine rings is 1. The molecule has 0 aromatic heterocycles. The van der Waals surface area contributed by atoms with E-state index in [1.807, 2.05) is 4.90 Å². The number of ether oxygens (including phenoxy) is 1. The first-order chi connectivity index (χ1) is 13.3. The molecule has 8 nitrogen and oxygen atoms in total. The highest BCUT2D eigenvalue weighted by atomic mass is 32.2. The molecule has 150 valence electrons. The molecule has 2 aromatic rings. The molecule has 0 saturated carbocycles. The summed E-state index contributed by atoms with van der Waals surface area (Å²) in [6, 6.07) is 10.6. The Morgan fingerprint density at radius 3 is 2.68 bits per heavy atom. The summed E-state index contributed by atoms with van der Waals surface area (Å²) in [6.45, 7) is 3.52. The summed E-state index contributed by atoms with van der Waals surface area (Å²) in [7, 11) is -2.63. The molecule has 9 heteroatoms. The lowest BCUT2D eigenvalue weighted by Gasteiger charge is -2.33. The maximum atomic E-state index is 13.2. The molecular weight excluding hydrogens is 382 g/mol. The van der Waals surface area contributed by atoms with Crippen LogP contribution in [0.3, 0.4) is 0 Å².